The lowest BCUT2D eigenvalue weighted by molar-refractivity contribution is 0.0686. The molecule has 20 heavy (non-hydrogen) atoms. The Hall–Kier alpha value is -1.66. The Morgan fingerprint density at radius 1 is 1.45 bits per heavy atom. The number of thioether (sulfide) groups is 1. The Bertz CT molecular complexity index is 654. The lowest BCUT2D eigenvalue weighted by Gasteiger charge is -2.26. The van der Waals surface area contributed by atoms with Crippen LogP contribution in [0.4, 0.5) is 0 Å². The van der Waals surface area contributed by atoms with Crippen LogP contribution >= 0.6 is 23.4 Å². The normalized spacial score (nSPS) is 14.8. The number of carbonyl (C=O) groups is 1. The molecule has 7 heteroatoms. The lowest BCUT2D eigenvalue weighted by Crippen LogP contribution is -2.31. The molecule has 1 saturated heterocycles. The third kappa shape index (κ3) is 2.62. The summed E-state index contributed by atoms with van der Waals surface area (Å²) in [6, 6.07) is 6.55. The molecule has 1 aromatic heterocycles. The summed E-state index contributed by atoms with van der Waals surface area (Å²) in [5.74, 6) is 1.80. The molecule has 2 heterocycles. The summed E-state index contributed by atoms with van der Waals surface area (Å²) < 4.78 is 10.7. The van der Waals surface area contributed by atoms with Crippen molar-refractivity contribution in [3.05, 3.63) is 35.0 Å². The Morgan fingerprint density at radius 2 is 2.25 bits per heavy atom. The van der Waals surface area contributed by atoms with Crippen LogP contribution in [0.15, 0.2) is 28.8 Å². The summed E-state index contributed by atoms with van der Waals surface area (Å²) in [4.78, 5) is 10.8. The Balaban J connectivity index is 1.83. The van der Waals surface area contributed by atoms with Crippen molar-refractivity contribution in [1.82, 2.24) is 5.16 Å². The molecule has 2 aromatic rings. The minimum absolute atomic E-state index is 0.136. The van der Waals surface area contributed by atoms with Crippen molar-refractivity contribution in [2.24, 2.45) is 0 Å². The highest BCUT2D eigenvalue weighted by atomic mass is 35.5. The van der Waals surface area contributed by atoms with Gasteiger partial charge in [0.1, 0.15) is 11.9 Å². The van der Waals surface area contributed by atoms with Crippen molar-refractivity contribution in [1.29, 1.82) is 0 Å². The van der Waals surface area contributed by atoms with Gasteiger partial charge < -0.3 is 14.4 Å². The third-order valence-electron chi connectivity index (χ3n) is 2.85. The van der Waals surface area contributed by atoms with Crippen molar-refractivity contribution in [2.45, 2.75) is 6.10 Å². The number of rotatable bonds is 4. The van der Waals surface area contributed by atoms with E-state index in [9.17, 15) is 4.79 Å². The molecule has 0 spiro atoms. The molecule has 0 radical (unpaired) electrons. The lowest BCUT2D eigenvalue weighted by atomic mass is 10.1. The second kappa shape index (κ2) is 5.38. The van der Waals surface area contributed by atoms with Gasteiger partial charge in [0.2, 0.25) is 0 Å². The third-order valence-corrected chi connectivity index (χ3v) is 4.36. The summed E-state index contributed by atoms with van der Waals surface area (Å²) in [6.45, 7) is 0. The maximum absolute atomic E-state index is 10.8. The number of ether oxygens (including phenoxy) is 1. The fraction of sp³-hybridized carbons (Fsp3) is 0.231. The molecule has 1 aromatic carbocycles. The van der Waals surface area contributed by atoms with Crippen LogP contribution in [-0.4, -0.2) is 33.8 Å². The standard InChI is InChI=1S/C13H10ClNO4S/c14-9-3-7(12-4-10(13(16)17)15-19-12)1-2-11(9)18-8-5-20-6-8/h1-4,8H,5-6H2,(H,16,17). The van der Waals surface area contributed by atoms with Gasteiger partial charge in [-0.15, -0.1) is 0 Å². The summed E-state index contributed by atoms with van der Waals surface area (Å²) in [5, 5.41) is 12.7. The maximum atomic E-state index is 10.8. The molecule has 0 saturated carbocycles. The molecular weight excluding hydrogens is 302 g/mol. The number of aromatic carboxylic acids is 1. The zero-order valence-corrected chi connectivity index (χ0v) is 11.8. The van der Waals surface area contributed by atoms with Crippen molar-refractivity contribution in [3.8, 4) is 17.1 Å². The number of carboxylic acid groups (broad SMARTS) is 1. The minimum Gasteiger partial charge on any atom is -0.487 e. The maximum Gasteiger partial charge on any atom is 0.358 e. The monoisotopic (exact) mass is 311 g/mol. The summed E-state index contributed by atoms with van der Waals surface area (Å²) in [6.07, 6.45) is 0.215. The van der Waals surface area contributed by atoms with Crippen LogP contribution in [-0.2, 0) is 0 Å². The van der Waals surface area contributed by atoms with Gasteiger partial charge in [-0.3, -0.25) is 0 Å². The molecule has 1 aliphatic heterocycles. The molecule has 1 aliphatic rings. The van der Waals surface area contributed by atoms with Crippen molar-refractivity contribution in [3.63, 3.8) is 0 Å². The molecule has 104 valence electrons. The van der Waals surface area contributed by atoms with Crippen LogP contribution in [0.1, 0.15) is 10.5 Å². The van der Waals surface area contributed by atoms with E-state index in [2.05, 4.69) is 5.16 Å². The largest absolute Gasteiger partial charge is 0.487 e. The van der Waals surface area contributed by atoms with Crippen LogP contribution in [0.25, 0.3) is 11.3 Å². The van der Waals surface area contributed by atoms with Gasteiger partial charge in [-0.1, -0.05) is 16.8 Å². The minimum atomic E-state index is -1.13. The number of nitrogens with zero attached hydrogens (tertiary/aromatic N) is 1. The van der Waals surface area contributed by atoms with E-state index < -0.39 is 5.97 Å². The second-order valence-electron chi connectivity index (χ2n) is 4.30. The molecule has 0 atom stereocenters. The van der Waals surface area contributed by atoms with E-state index >= 15 is 0 Å². The quantitative estimate of drug-likeness (QED) is 0.935. The van der Waals surface area contributed by atoms with E-state index in [1.54, 1.807) is 18.2 Å². The van der Waals surface area contributed by atoms with Crippen molar-refractivity contribution >= 4 is 29.3 Å². The van der Waals surface area contributed by atoms with Gasteiger partial charge in [-0.2, -0.15) is 11.8 Å². The number of benzene rings is 1. The zero-order chi connectivity index (χ0) is 14.1. The average Bonchev–Trinajstić information content (AvgIpc) is 2.84. The molecule has 0 bridgehead atoms. The first-order valence-electron chi connectivity index (χ1n) is 5.88. The van der Waals surface area contributed by atoms with Gasteiger partial charge in [-0.25, -0.2) is 4.79 Å². The van der Waals surface area contributed by atoms with E-state index in [-0.39, 0.29) is 11.8 Å². The average molecular weight is 312 g/mol. The van der Waals surface area contributed by atoms with Crippen molar-refractivity contribution in [2.75, 3.05) is 11.5 Å². The number of halogens is 1. The first-order valence-corrected chi connectivity index (χ1v) is 7.41. The van der Waals surface area contributed by atoms with Gasteiger partial charge >= 0.3 is 5.97 Å². The fourth-order valence-electron chi connectivity index (χ4n) is 1.72. The topological polar surface area (TPSA) is 72.6 Å². The smallest absolute Gasteiger partial charge is 0.358 e. The van der Waals surface area contributed by atoms with Crippen LogP contribution < -0.4 is 4.74 Å². The number of aromatic nitrogens is 1. The highest BCUT2D eigenvalue weighted by Gasteiger charge is 2.21. The molecular formula is C13H10ClNO4S. The van der Waals surface area contributed by atoms with E-state index in [1.807, 2.05) is 11.8 Å². The zero-order valence-electron chi connectivity index (χ0n) is 10.2. The van der Waals surface area contributed by atoms with Crippen LogP contribution in [0.2, 0.25) is 5.02 Å². The van der Waals surface area contributed by atoms with Crippen LogP contribution in [0.5, 0.6) is 5.75 Å². The van der Waals surface area contributed by atoms with Gasteiger partial charge in [0.15, 0.2) is 11.5 Å². The highest BCUT2D eigenvalue weighted by molar-refractivity contribution is 8.00. The predicted octanol–water partition coefficient (Wildman–Crippen LogP) is 3.19. The number of hydrogen-bond acceptors (Lipinski definition) is 5. The Morgan fingerprint density at radius 3 is 2.80 bits per heavy atom. The Labute approximate surface area is 123 Å². The first-order chi connectivity index (χ1) is 9.63. The fourth-order valence-corrected chi connectivity index (χ4v) is 2.51. The van der Waals surface area contributed by atoms with Crippen molar-refractivity contribution < 1.29 is 19.2 Å². The van der Waals surface area contributed by atoms with Gasteiger partial charge in [-0.05, 0) is 18.2 Å². The molecule has 1 N–H and O–H groups in total. The van der Waals surface area contributed by atoms with Crippen LogP contribution in [0, 0.1) is 0 Å². The molecule has 0 unspecified atom stereocenters. The van der Waals surface area contributed by atoms with Gasteiger partial charge in [0.25, 0.3) is 0 Å². The SMILES string of the molecule is O=C(O)c1cc(-c2ccc(OC3CSC3)c(Cl)c2)on1. The van der Waals surface area contributed by atoms with Crippen LogP contribution in [0.3, 0.4) is 0 Å². The number of hydrogen-bond donors (Lipinski definition) is 1. The number of carboxylic acids is 1. The Kier molecular flexibility index (Phi) is 3.58. The van der Waals surface area contributed by atoms with E-state index in [4.69, 9.17) is 26.0 Å². The van der Waals surface area contributed by atoms with Gasteiger partial charge in [0.05, 0.1) is 5.02 Å². The summed E-state index contributed by atoms with van der Waals surface area (Å²) in [7, 11) is 0. The highest BCUT2D eigenvalue weighted by Crippen LogP contribution is 2.33. The predicted molar refractivity (Wildman–Crippen MR) is 75.6 cm³/mol. The summed E-state index contributed by atoms with van der Waals surface area (Å²) >= 11 is 7.99. The van der Waals surface area contributed by atoms with Gasteiger partial charge in [0, 0.05) is 23.1 Å². The van der Waals surface area contributed by atoms with E-state index in [0.29, 0.717) is 22.1 Å². The molecule has 3 rings (SSSR count). The summed E-state index contributed by atoms with van der Waals surface area (Å²) in [5.41, 5.74) is 0.522. The van der Waals surface area contributed by atoms with E-state index in [0.717, 1.165) is 11.5 Å². The van der Waals surface area contributed by atoms with E-state index in [1.165, 1.54) is 6.07 Å². The first kappa shape index (κ1) is 13.3. The molecule has 0 amide bonds. The molecule has 0 aliphatic carbocycles. The molecule has 5 nitrogen and oxygen atoms in total. The second-order valence-corrected chi connectivity index (χ2v) is 5.79. The molecule has 1 fully saturated rings.